The summed E-state index contributed by atoms with van der Waals surface area (Å²) in [5.41, 5.74) is 2.15. The van der Waals surface area contributed by atoms with Crippen molar-refractivity contribution in [3.05, 3.63) is 103 Å². The Morgan fingerprint density at radius 3 is 2.17 bits per heavy atom. The largest absolute Gasteiger partial charge is 0.443 e. The Bertz CT molecular complexity index is 830. The molecule has 2 fully saturated rings. The van der Waals surface area contributed by atoms with Gasteiger partial charge in [-0.2, -0.15) is 0 Å². The fourth-order valence-electron chi connectivity index (χ4n) is 3.98. The molecule has 1 aliphatic carbocycles. The van der Waals surface area contributed by atoms with Crippen LogP contribution in [0.25, 0.3) is 0 Å². The van der Waals surface area contributed by atoms with E-state index in [9.17, 15) is 9.59 Å². The lowest BCUT2D eigenvalue weighted by Crippen LogP contribution is -2.46. The van der Waals surface area contributed by atoms with E-state index in [1.807, 2.05) is 93.3 Å². The second-order valence-corrected chi connectivity index (χ2v) is 7.58. The van der Waals surface area contributed by atoms with E-state index in [0.717, 1.165) is 17.0 Å². The van der Waals surface area contributed by atoms with Crippen LogP contribution in [0.1, 0.15) is 18.1 Å². The van der Waals surface area contributed by atoms with Crippen molar-refractivity contribution in [2.24, 2.45) is 5.92 Å². The first kappa shape index (κ1) is 19.7. The standard InChI is InChI=1S/C25H24NO3/c1-18(16-19-10-4-2-5-11-19)24(27)26-22(17-20-12-6-3-7-13-20)23(29-25(26)28)21-14-8-9-15-21/h2-15,18,22-23H,16-17H2,1H3/t18-,22+,23-/m0/s1. The van der Waals surface area contributed by atoms with Gasteiger partial charge in [-0.05, 0) is 49.7 Å². The monoisotopic (exact) mass is 386 g/mol. The number of nitrogens with zero attached hydrogens (tertiary/aromatic N) is 1. The summed E-state index contributed by atoms with van der Waals surface area (Å²) in [7, 11) is 0. The quantitative estimate of drug-likeness (QED) is 0.746. The zero-order valence-corrected chi connectivity index (χ0v) is 16.4. The van der Waals surface area contributed by atoms with E-state index in [4.69, 9.17) is 4.74 Å². The van der Waals surface area contributed by atoms with E-state index < -0.39 is 12.2 Å². The van der Waals surface area contributed by atoms with Crippen molar-refractivity contribution in [3.63, 3.8) is 0 Å². The second kappa shape index (κ2) is 8.81. The van der Waals surface area contributed by atoms with Gasteiger partial charge in [-0.25, -0.2) is 9.69 Å². The van der Waals surface area contributed by atoms with Crippen molar-refractivity contribution in [2.75, 3.05) is 0 Å². The van der Waals surface area contributed by atoms with Gasteiger partial charge < -0.3 is 4.74 Å². The minimum absolute atomic E-state index is 0.186. The molecule has 4 nitrogen and oxygen atoms in total. The van der Waals surface area contributed by atoms with Crippen LogP contribution in [0, 0.1) is 37.5 Å². The fraction of sp³-hybridized carbons (Fsp3) is 0.240. The van der Waals surface area contributed by atoms with Crippen molar-refractivity contribution < 1.29 is 14.3 Å². The molecule has 1 saturated carbocycles. The molecule has 2 aromatic rings. The predicted molar refractivity (Wildman–Crippen MR) is 111 cm³/mol. The van der Waals surface area contributed by atoms with Gasteiger partial charge in [0.15, 0.2) is 0 Å². The number of benzene rings is 2. The van der Waals surface area contributed by atoms with Gasteiger partial charge in [0.1, 0.15) is 6.10 Å². The summed E-state index contributed by atoms with van der Waals surface area (Å²) >= 11 is 0. The van der Waals surface area contributed by atoms with Crippen LogP contribution >= 0.6 is 0 Å². The van der Waals surface area contributed by atoms with Gasteiger partial charge in [-0.3, -0.25) is 4.79 Å². The van der Waals surface area contributed by atoms with Crippen LogP contribution in [0.5, 0.6) is 0 Å². The minimum atomic E-state index is -0.554. The van der Waals surface area contributed by atoms with Gasteiger partial charge in [0.25, 0.3) is 0 Å². The average Bonchev–Trinajstić information content (AvgIpc) is 3.37. The lowest BCUT2D eigenvalue weighted by molar-refractivity contribution is -0.133. The van der Waals surface area contributed by atoms with Crippen LogP contribution in [-0.4, -0.2) is 29.0 Å². The molecule has 5 radical (unpaired) electrons. The average molecular weight is 386 g/mol. The van der Waals surface area contributed by atoms with E-state index >= 15 is 0 Å². The lowest BCUT2D eigenvalue weighted by atomic mass is 9.89. The van der Waals surface area contributed by atoms with Crippen LogP contribution < -0.4 is 0 Å². The molecule has 29 heavy (non-hydrogen) atoms. The highest BCUT2D eigenvalue weighted by Gasteiger charge is 2.49. The molecular weight excluding hydrogens is 362 g/mol. The highest BCUT2D eigenvalue weighted by molar-refractivity contribution is 5.95. The van der Waals surface area contributed by atoms with E-state index in [0.29, 0.717) is 12.8 Å². The van der Waals surface area contributed by atoms with Crippen molar-refractivity contribution in [1.29, 1.82) is 0 Å². The number of ether oxygens (including phenoxy) is 1. The summed E-state index contributed by atoms with van der Waals surface area (Å²) in [6.45, 7) is 1.87. The van der Waals surface area contributed by atoms with E-state index in [-0.39, 0.29) is 17.9 Å². The third kappa shape index (κ3) is 4.36. The second-order valence-electron chi connectivity index (χ2n) is 7.58. The predicted octanol–water partition coefficient (Wildman–Crippen LogP) is 4.23. The van der Waals surface area contributed by atoms with Crippen molar-refractivity contribution in [2.45, 2.75) is 31.9 Å². The normalized spacial score (nSPS) is 23.2. The lowest BCUT2D eigenvalue weighted by Gasteiger charge is -2.27. The summed E-state index contributed by atoms with van der Waals surface area (Å²) in [5, 5.41) is 0. The molecule has 0 bridgehead atoms. The van der Waals surface area contributed by atoms with Gasteiger partial charge in [-0.1, -0.05) is 67.6 Å². The highest BCUT2D eigenvalue weighted by Crippen LogP contribution is 2.37. The maximum atomic E-state index is 13.3. The molecule has 0 spiro atoms. The zero-order chi connectivity index (χ0) is 20.2. The number of cyclic esters (lactones) is 1. The topological polar surface area (TPSA) is 46.6 Å². The molecule has 3 atom stereocenters. The number of hydrogen-bond donors (Lipinski definition) is 0. The molecule has 2 aliphatic rings. The molecule has 2 aromatic carbocycles. The number of carbonyl (C=O) groups is 2. The molecule has 1 heterocycles. The fourth-order valence-corrected chi connectivity index (χ4v) is 3.98. The molecule has 0 N–H and O–H groups in total. The Morgan fingerprint density at radius 1 is 0.966 bits per heavy atom. The van der Waals surface area contributed by atoms with E-state index in [1.54, 1.807) is 0 Å². The molecule has 2 amide bonds. The van der Waals surface area contributed by atoms with Crippen LogP contribution in [0.3, 0.4) is 0 Å². The van der Waals surface area contributed by atoms with Crippen LogP contribution in [0.2, 0.25) is 0 Å². The Balaban J connectivity index is 1.56. The molecule has 4 heteroatoms. The minimum Gasteiger partial charge on any atom is -0.443 e. The van der Waals surface area contributed by atoms with E-state index in [1.165, 1.54) is 4.90 Å². The highest BCUT2D eigenvalue weighted by atomic mass is 16.6. The molecule has 4 rings (SSSR count). The zero-order valence-electron chi connectivity index (χ0n) is 16.4. The Morgan fingerprint density at radius 2 is 1.55 bits per heavy atom. The number of rotatable bonds is 6. The molecule has 0 aromatic heterocycles. The number of imide groups is 1. The van der Waals surface area contributed by atoms with Gasteiger partial charge in [0.2, 0.25) is 5.91 Å². The Labute approximate surface area is 172 Å². The Kier molecular flexibility index (Phi) is 5.98. The molecule has 1 saturated heterocycles. The Hall–Kier alpha value is -2.62. The van der Waals surface area contributed by atoms with Gasteiger partial charge in [-0.15, -0.1) is 0 Å². The third-order valence-electron chi connectivity index (χ3n) is 5.45. The molecule has 147 valence electrons. The van der Waals surface area contributed by atoms with Crippen LogP contribution in [0.4, 0.5) is 4.79 Å². The van der Waals surface area contributed by atoms with Gasteiger partial charge >= 0.3 is 6.09 Å². The number of hydrogen-bond acceptors (Lipinski definition) is 3. The van der Waals surface area contributed by atoms with Gasteiger partial charge in [0, 0.05) is 11.8 Å². The van der Waals surface area contributed by atoms with Crippen molar-refractivity contribution >= 4 is 12.0 Å². The summed E-state index contributed by atoms with van der Waals surface area (Å²) in [5.74, 6) is 0.417. The molecule has 1 aliphatic heterocycles. The molecule has 0 unspecified atom stereocenters. The van der Waals surface area contributed by atoms with Crippen LogP contribution in [-0.2, 0) is 22.4 Å². The summed E-state index contributed by atoms with van der Waals surface area (Å²) in [6.07, 6.45) is 7.87. The van der Waals surface area contributed by atoms with Gasteiger partial charge in [0.05, 0.1) is 6.04 Å². The maximum absolute atomic E-state index is 13.3. The first-order chi connectivity index (χ1) is 14.1. The summed E-state index contributed by atoms with van der Waals surface area (Å²) < 4.78 is 5.69. The van der Waals surface area contributed by atoms with E-state index in [2.05, 4.69) is 0 Å². The third-order valence-corrected chi connectivity index (χ3v) is 5.45. The summed E-state index contributed by atoms with van der Waals surface area (Å²) in [6, 6.07) is 19.4. The number of amides is 2. The molecular formula is C25H24NO3. The number of carbonyl (C=O) groups excluding carboxylic acids is 2. The maximum Gasteiger partial charge on any atom is 0.417 e. The SMILES string of the molecule is C[C@@H](Cc1ccccc1)C(=O)N1C(=O)O[C@@H]([C]2[CH][CH][CH][CH]2)[C@H]1Cc1ccccc1. The summed E-state index contributed by atoms with van der Waals surface area (Å²) in [4.78, 5) is 27.4. The first-order valence-corrected chi connectivity index (χ1v) is 9.96. The first-order valence-electron chi connectivity index (χ1n) is 9.96. The van der Waals surface area contributed by atoms with Crippen molar-refractivity contribution in [1.82, 2.24) is 4.90 Å². The smallest absolute Gasteiger partial charge is 0.417 e. The van der Waals surface area contributed by atoms with Crippen molar-refractivity contribution in [3.8, 4) is 0 Å². The van der Waals surface area contributed by atoms with Crippen LogP contribution in [0.15, 0.2) is 60.7 Å².